The Morgan fingerprint density at radius 1 is 1.50 bits per heavy atom. The van der Waals surface area contributed by atoms with Gasteiger partial charge in [-0.2, -0.15) is 0 Å². The lowest BCUT2D eigenvalue weighted by Gasteiger charge is -2.08. The van der Waals surface area contributed by atoms with E-state index < -0.39 is 15.1 Å². The van der Waals surface area contributed by atoms with Crippen LogP contribution in [-0.4, -0.2) is 25.2 Å². The predicted molar refractivity (Wildman–Crippen MR) is 46.7 cm³/mol. The molecular formula is C8H14O3S. The van der Waals surface area contributed by atoms with Gasteiger partial charge in [-0.15, -0.1) is 0 Å². The van der Waals surface area contributed by atoms with E-state index in [0.29, 0.717) is 0 Å². The highest BCUT2D eigenvalue weighted by atomic mass is 32.2. The van der Waals surface area contributed by atoms with Gasteiger partial charge in [0.2, 0.25) is 0 Å². The quantitative estimate of drug-likeness (QED) is 0.658. The van der Waals surface area contributed by atoms with Crippen molar-refractivity contribution in [2.45, 2.75) is 31.9 Å². The molecule has 70 valence electrons. The van der Waals surface area contributed by atoms with Crippen molar-refractivity contribution >= 4 is 15.6 Å². The van der Waals surface area contributed by atoms with Gasteiger partial charge in [-0.25, -0.2) is 8.42 Å². The van der Waals surface area contributed by atoms with Crippen molar-refractivity contribution in [3.05, 3.63) is 0 Å². The molecule has 0 N–H and O–H groups in total. The van der Waals surface area contributed by atoms with E-state index in [1.165, 1.54) is 6.92 Å². The molecule has 4 heteroatoms. The summed E-state index contributed by atoms with van der Waals surface area (Å²) >= 11 is 0. The fraction of sp³-hybridized carbons (Fsp3) is 0.875. The molecule has 1 saturated carbocycles. The van der Waals surface area contributed by atoms with Crippen molar-refractivity contribution in [1.82, 2.24) is 0 Å². The minimum atomic E-state index is -3.15. The van der Waals surface area contributed by atoms with Crippen molar-refractivity contribution < 1.29 is 13.2 Å². The minimum Gasteiger partial charge on any atom is -0.298 e. The van der Waals surface area contributed by atoms with E-state index in [2.05, 4.69) is 0 Å². The third-order valence-corrected chi connectivity index (χ3v) is 4.44. The molecule has 1 rings (SSSR count). The van der Waals surface area contributed by atoms with Gasteiger partial charge in [-0.1, -0.05) is 6.92 Å². The largest absolute Gasteiger partial charge is 0.298 e. The number of ketones is 1. The summed E-state index contributed by atoms with van der Waals surface area (Å²) in [6, 6.07) is 0. The summed E-state index contributed by atoms with van der Waals surface area (Å²) in [4.78, 5) is 11.3. The molecule has 0 aromatic heterocycles. The van der Waals surface area contributed by atoms with Gasteiger partial charge in [0.1, 0.15) is 5.25 Å². The lowest BCUT2D eigenvalue weighted by molar-refractivity contribution is -0.119. The fourth-order valence-electron chi connectivity index (χ4n) is 1.13. The highest BCUT2D eigenvalue weighted by Gasteiger charge is 2.37. The van der Waals surface area contributed by atoms with Crippen molar-refractivity contribution in [2.75, 3.05) is 5.75 Å². The van der Waals surface area contributed by atoms with Crippen LogP contribution in [0.1, 0.15) is 26.7 Å². The average molecular weight is 190 g/mol. The highest BCUT2D eigenvalue weighted by Crippen LogP contribution is 2.32. The molecule has 0 aromatic rings. The van der Waals surface area contributed by atoms with E-state index in [1.807, 2.05) is 0 Å². The van der Waals surface area contributed by atoms with Crippen molar-refractivity contribution in [3.63, 3.8) is 0 Å². The summed E-state index contributed by atoms with van der Waals surface area (Å²) in [6.07, 6.45) is 1.75. The van der Waals surface area contributed by atoms with E-state index in [4.69, 9.17) is 0 Å². The van der Waals surface area contributed by atoms with Crippen molar-refractivity contribution in [2.24, 2.45) is 5.92 Å². The first kappa shape index (κ1) is 9.71. The van der Waals surface area contributed by atoms with E-state index >= 15 is 0 Å². The lowest BCUT2D eigenvalue weighted by Crippen LogP contribution is -2.29. The number of carbonyl (C=O) groups is 1. The zero-order chi connectivity index (χ0) is 9.35. The third kappa shape index (κ3) is 1.86. The zero-order valence-corrected chi connectivity index (χ0v) is 8.23. The molecule has 1 aliphatic rings. The number of sulfone groups is 1. The van der Waals surface area contributed by atoms with Gasteiger partial charge in [0.05, 0.1) is 0 Å². The lowest BCUT2D eigenvalue weighted by atomic mass is 10.2. The van der Waals surface area contributed by atoms with Crippen LogP contribution in [0.15, 0.2) is 0 Å². The van der Waals surface area contributed by atoms with Gasteiger partial charge >= 0.3 is 0 Å². The highest BCUT2D eigenvalue weighted by molar-refractivity contribution is 7.92. The van der Waals surface area contributed by atoms with Crippen LogP contribution in [0.5, 0.6) is 0 Å². The predicted octanol–water partition coefficient (Wildman–Crippen LogP) is 0.789. The average Bonchev–Trinajstić information content (AvgIpc) is 2.84. The molecular weight excluding hydrogens is 176 g/mol. The molecule has 0 radical (unpaired) electrons. The first-order valence-corrected chi connectivity index (χ1v) is 5.96. The Balaban J connectivity index is 2.69. The van der Waals surface area contributed by atoms with Crippen LogP contribution in [0.4, 0.5) is 0 Å². The van der Waals surface area contributed by atoms with Gasteiger partial charge in [-0.3, -0.25) is 4.79 Å². The number of hydrogen-bond donors (Lipinski definition) is 0. The van der Waals surface area contributed by atoms with Crippen LogP contribution >= 0.6 is 0 Å². The summed E-state index contributed by atoms with van der Waals surface area (Å²) in [6.45, 7) is 3.07. The van der Waals surface area contributed by atoms with Crippen LogP contribution < -0.4 is 0 Å². The van der Waals surface area contributed by atoms with Crippen molar-refractivity contribution in [3.8, 4) is 0 Å². The molecule has 0 aromatic carbocycles. The van der Waals surface area contributed by atoms with Crippen molar-refractivity contribution in [1.29, 1.82) is 0 Å². The molecule has 0 unspecified atom stereocenters. The maximum absolute atomic E-state index is 11.3. The Hall–Kier alpha value is -0.380. The van der Waals surface area contributed by atoms with Crippen LogP contribution in [0.3, 0.4) is 0 Å². The summed E-state index contributed by atoms with van der Waals surface area (Å²) in [5, 5.41) is -0.782. The van der Waals surface area contributed by atoms with Crippen LogP contribution in [0.25, 0.3) is 0 Å². The van der Waals surface area contributed by atoms with Gasteiger partial charge in [0, 0.05) is 11.7 Å². The van der Waals surface area contributed by atoms with Crippen LogP contribution in [0.2, 0.25) is 0 Å². The molecule has 0 bridgehead atoms. The molecule has 1 aliphatic carbocycles. The summed E-state index contributed by atoms with van der Waals surface area (Å²) in [5.41, 5.74) is 0. The van der Waals surface area contributed by atoms with Gasteiger partial charge in [-0.05, 0) is 19.8 Å². The summed E-state index contributed by atoms with van der Waals surface area (Å²) < 4.78 is 22.5. The minimum absolute atomic E-state index is 0.0429. The summed E-state index contributed by atoms with van der Waals surface area (Å²) in [7, 11) is -3.15. The molecule has 0 saturated heterocycles. The first-order valence-electron chi connectivity index (χ1n) is 4.24. The Kier molecular flexibility index (Phi) is 2.56. The fourth-order valence-corrected chi connectivity index (χ4v) is 2.17. The first-order chi connectivity index (χ1) is 5.49. The zero-order valence-electron chi connectivity index (χ0n) is 7.41. The maximum Gasteiger partial charge on any atom is 0.159 e. The summed E-state index contributed by atoms with van der Waals surface area (Å²) in [5.74, 6) is 0.0188. The smallest absolute Gasteiger partial charge is 0.159 e. The maximum atomic E-state index is 11.3. The third-order valence-electron chi connectivity index (χ3n) is 2.32. The molecule has 3 nitrogen and oxygen atoms in total. The molecule has 1 fully saturated rings. The van der Waals surface area contributed by atoms with Crippen LogP contribution in [-0.2, 0) is 14.6 Å². The van der Waals surface area contributed by atoms with E-state index in [-0.39, 0.29) is 17.5 Å². The molecule has 12 heavy (non-hydrogen) atoms. The number of rotatable bonds is 4. The van der Waals surface area contributed by atoms with E-state index in [0.717, 1.165) is 12.8 Å². The van der Waals surface area contributed by atoms with Gasteiger partial charge in [0.25, 0.3) is 0 Å². The van der Waals surface area contributed by atoms with E-state index in [9.17, 15) is 13.2 Å². The standard InChI is InChI=1S/C8H14O3S/c1-3-12(10,11)6(2)8(9)7-4-5-7/h6-7H,3-5H2,1-2H3/t6-/m0/s1. The van der Waals surface area contributed by atoms with Gasteiger partial charge < -0.3 is 0 Å². The second kappa shape index (κ2) is 3.17. The molecule has 1 atom stereocenters. The topological polar surface area (TPSA) is 51.2 Å². The monoisotopic (exact) mass is 190 g/mol. The van der Waals surface area contributed by atoms with Gasteiger partial charge in [0.15, 0.2) is 15.6 Å². The Morgan fingerprint density at radius 2 is 2.00 bits per heavy atom. The number of Topliss-reactive ketones (excluding diaryl/α,β-unsaturated/α-hetero) is 1. The molecule has 0 heterocycles. The normalized spacial score (nSPS) is 20.5. The Morgan fingerprint density at radius 3 is 2.33 bits per heavy atom. The Bertz CT molecular complexity index is 275. The second-order valence-electron chi connectivity index (χ2n) is 3.27. The molecule has 0 aliphatic heterocycles. The number of carbonyl (C=O) groups excluding carboxylic acids is 1. The Labute approximate surface area is 73.1 Å². The van der Waals surface area contributed by atoms with E-state index in [1.54, 1.807) is 6.92 Å². The van der Waals surface area contributed by atoms with Crippen LogP contribution in [0, 0.1) is 5.92 Å². The number of hydrogen-bond acceptors (Lipinski definition) is 3. The molecule has 0 amide bonds. The SMILES string of the molecule is CCS(=O)(=O)[C@@H](C)C(=O)C1CC1. The second-order valence-corrected chi connectivity index (χ2v) is 5.88. The molecule has 0 spiro atoms.